The van der Waals surface area contributed by atoms with E-state index >= 15 is 0 Å². The summed E-state index contributed by atoms with van der Waals surface area (Å²) in [6.07, 6.45) is 4.77. The molecule has 2 aliphatic rings. The minimum Gasteiger partial charge on any atom is -0.348 e. The van der Waals surface area contributed by atoms with Gasteiger partial charge >= 0.3 is 0 Å². The van der Waals surface area contributed by atoms with Crippen molar-refractivity contribution >= 4 is 5.91 Å². The van der Waals surface area contributed by atoms with E-state index in [2.05, 4.69) is 10.6 Å². The van der Waals surface area contributed by atoms with Crippen molar-refractivity contribution in [3.05, 3.63) is 35.9 Å². The molecule has 0 saturated carbocycles. The molecule has 2 heterocycles. The van der Waals surface area contributed by atoms with Crippen LogP contribution < -0.4 is 10.6 Å². The second-order valence-corrected chi connectivity index (χ2v) is 5.07. The molecule has 2 bridgehead atoms. The average Bonchev–Trinajstić information content (AvgIpc) is 2.77. The lowest BCUT2D eigenvalue weighted by Gasteiger charge is -2.30. The third kappa shape index (κ3) is 2.20. The number of carbonyl (C=O) groups is 1. The Morgan fingerprint density at radius 2 is 1.88 bits per heavy atom. The van der Waals surface area contributed by atoms with Crippen molar-refractivity contribution in [1.82, 2.24) is 10.6 Å². The lowest BCUT2D eigenvalue weighted by molar-refractivity contribution is 0.0919. The van der Waals surface area contributed by atoms with E-state index in [0.717, 1.165) is 12.0 Å². The van der Waals surface area contributed by atoms with E-state index in [1.54, 1.807) is 0 Å². The Bertz CT molecular complexity index is 404. The smallest absolute Gasteiger partial charge is 0.251 e. The fraction of sp³-hybridized carbons (Fsp3) is 0.500. The van der Waals surface area contributed by atoms with Gasteiger partial charge in [-0.05, 0) is 37.8 Å². The summed E-state index contributed by atoms with van der Waals surface area (Å²) in [5.74, 6) is 0.0581. The number of carbonyl (C=O) groups excluding carboxylic acids is 1. The Morgan fingerprint density at radius 3 is 2.71 bits per heavy atom. The third-order valence-electron chi connectivity index (χ3n) is 3.94. The van der Waals surface area contributed by atoms with Gasteiger partial charge in [-0.3, -0.25) is 4.79 Å². The van der Waals surface area contributed by atoms with Crippen molar-refractivity contribution in [2.24, 2.45) is 0 Å². The Kier molecular flexibility index (Phi) is 2.85. The number of hydrogen-bond donors (Lipinski definition) is 2. The molecule has 0 aliphatic carbocycles. The van der Waals surface area contributed by atoms with Gasteiger partial charge in [0, 0.05) is 23.7 Å². The van der Waals surface area contributed by atoms with E-state index in [-0.39, 0.29) is 5.91 Å². The van der Waals surface area contributed by atoms with Gasteiger partial charge in [0.05, 0.1) is 0 Å². The summed E-state index contributed by atoms with van der Waals surface area (Å²) in [5, 5.41) is 6.74. The molecule has 2 fully saturated rings. The standard InChI is InChI=1S/C14H18N2O/c17-14(10-4-2-1-3-5-10)16-13-9-7-11-6-8-12(13)15-11/h1-5,11-13,15H,6-9H2,(H,16,17). The fourth-order valence-electron chi connectivity index (χ4n) is 2.99. The predicted octanol–water partition coefficient (Wildman–Crippen LogP) is 1.70. The maximum Gasteiger partial charge on any atom is 0.251 e. The maximum atomic E-state index is 12.0. The van der Waals surface area contributed by atoms with Crippen molar-refractivity contribution in [2.75, 3.05) is 0 Å². The van der Waals surface area contributed by atoms with Crippen LogP contribution in [0.25, 0.3) is 0 Å². The molecule has 1 aromatic rings. The molecule has 2 aliphatic heterocycles. The summed E-state index contributed by atoms with van der Waals surface area (Å²) < 4.78 is 0. The summed E-state index contributed by atoms with van der Waals surface area (Å²) >= 11 is 0. The fourth-order valence-corrected chi connectivity index (χ4v) is 2.99. The molecule has 1 aromatic carbocycles. The van der Waals surface area contributed by atoms with E-state index in [1.165, 1.54) is 19.3 Å². The van der Waals surface area contributed by atoms with Gasteiger partial charge in [0.25, 0.3) is 5.91 Å². The lowest BCUT2D eigenvalue weighted by Crippen LogP contribution is -2.52. The Morgan fingerprint density at radius 1 is 1.12 bits per heavy atom. The van der Waals surface area contributed by atoms with Crippen molar-refractivity contribution in [3.63, 3.8) is 0 Å². The highest BCUT2D eigenvalue weighted by Crippen LogP contribution is 2.26. The number of nitrogens with one attached hydrogen (secondary N) is 2. The first-order chi connectivity index (χ1) is 8.33. The minimum atomic E-state index is 0.0581. The largest absolute Gasteiger partial charge is 0.348 e. The van der Waals surface area contributed by atoms with Crippen molar-refractivity contribution < 1.29 is 4.79 Å². The zero-order chi connectivity index (χ0) is 11.7. The van der Waals surface area contributed by atoms with Crippen molar-refractivity contribution in [3.8, 4) is 0 Å². The van der Waals surface area contributed by atoms with Gasteiger partial charge < -0.3 is 10.6 Å². The van der Waals surface area contributed by atoms with Crippen LogP contribution in [0.5, 0.6) is 0 Å². The van der Waals surface area contributed by atoms with Crippen LogP contribution in [0.3, 0.4) is 0 Å². The molecule has 3 heteroatoms. The molecular weight excluding hydrogens is 212 g/mol. The van der Waals surface area contributed by atoms with E-state index in [4.69, 9.17) is 0 Å². The van der Waals surface area contributed by atoms with Gasteiger partial charge in [0.15, 0.2) is 0 Å². The normalized spacial score (nSPS) is 31.2. The van der Waals surface area contributed by atoms with Gasteiger partial charge in [-0.1, -0.05) is 18.2 Å². The Labute approximate surface area is 102 Å². The van der Waals surface area contributed by atoms with Crippen LogP contribution in [-0.4, -0.2) is 24.0 Å². The molecular formula is C14H18N2O. The number of benzene rings is 1. The molecule has 90 valence electrons. The average molecular weight is 230 g/mol. The molecule has 0 spiro atoms. The predicted molar refractivity (Wildman–Crippen MR) is 66.9 cm³/mol. The molecule has 1 amide bonds. The zero-order valence-electron chi connectivity index (χ0n) is 9.86. The van der Waals surface area contributed by atoms with E-state index < -0.39 is 0 Å². The zero-order valence-corrected chi connectivity index (χ0v) is 9.86. The van der Waals surface area contributed by atoms with Crippen LogP contribution in [0.2, 0.25) is 0 Å². The summed E-state index contributed by atoms with van der Waals surface area (Å²) in [4.78, 5) is 12.0. The van der Waals surface area contributed by atoms with Crippen LogP contribution in [0.15, 0.2) is 30.3 Å². The number of fused-ring (bicyclic) bond motifs is 2. The van der Waals surface area contributed by atoms with Gasteiger partial charge in [0.2, 0.25) is 0 Å². The molecule has 3 atom stereocenters. The second-order valence-electron chi connectivity index (χ2n) is 5.07. The van der Waals surface area contributed by atoms with Gasteiger partial charge in [-0.2, -0.15) is 0 Å². The van der Waals surface area contributed by atoms with Crippen LogP contribution in [0.1, 0.15) is 36.0 Å². The molecule has 17 heavy (non-hydrogen) atoms. The molecule has 3 unspecified atom stereocenters. The molecule has 0 aromatic heterocycles. The summed E-state index contributed by atoms with van der Waals surface area (Å²) in [5.41, 5.74) is 0.757. The van der Waals surface area contributed by atoms with E-state index in [9.17, 15) is 4.79 Å². The van der Waals surface area contributed by atoms with Crippen LogP contribution >= 0.6 is 0 Å². The number of rotatable bonds is 2. The number of amides is 1. The molecule has 3 nitrogen and oxygen atoms in total. The van der Waals surface area contributed by atoms with E-state index in [0.29, 0.717) is 18.1 Å². The highest BCUT2D eigenvalue weighted by Gasteiger charge is 2.35. The van der Waals surface area contributed by atoms with Crippen molar-refractivity contribution in [1.29, 1.82) is 0 Å². The molecule has 2 N–H and O–H groups in total. The SMILES string of the molecule is O=C(NC1CCC2CCC1N2)c1ccccc1. The van der Waals surface area contributed by atoms with Crippen LogP contribution in [0, 0.1) is 0 Å². The molecule has 0 radical (unpaired) electrons. The van der Waals surface area contributed by atoms with Crippen molar-refractivity contribution in [2.45, 2.75) is 43.8 Å². The monoisotopic (exact) mass is 230 g/mol. The maximum absolute atomic E-state index is 12.0. The van der Waals surface area contributed by atoms with E-state index in [1.807, 2.05) is 30.3 Å². The molecule has 2 saturated heterocycles. The summed E-state index contributed by atoms with van der Waals surface area (Å²) in [7, 11) is 0. The summed E-state index contributed by atoms with van der Waals surface area (Å²) in [6.45, 7) is 0. The van der Waals surface area contributed by atoms with Crippen LogP contribution in [-0.2, 0) is 0 Å². The topological polar surface area (TPSA) is 41.1 Å². The molecule has 3 rings (SSSR count). The Balaban J connectivity index is 1.65. The first kappa shape index (κ1) is 10.8. The number of piperidine rings is 1. The minimum absolute atomic E-state index is 0.0581. The number of hydrogen-bond acceptors (Lipinski definition) is 2. The quantitative estimate of drug-likeness (QED) is 0.812. The summed E-state index contributed by atoms with van der Waals surface area (Å²) in [6, 6.07) is 11.0. The highest BCUT2D eigenvalue weighted by molar-refractivity contribution is 5.94. The van der Waals surface area contributed by atoms with Gasteiger partial charge in [-0.25, -0.2) is 0 Å². The third-order valence-corrected chi connectivity index (χ3v) is 3.94. The highest BCUT2D eigenvalue weighted by atomic mass is 16.1. The van der Waals surface area contributed by atoms with Gasteiger partial charge in [-0.15, -0.1) is 0 Å². The second kappa shape index (κ2) is 4.49. The lowest BCUT2D eigenvalue weighted by atomic mass is 9.99. The first-order valence-electron chi connectivity index (χ1n) is 6.45. The van der Waals surface area contributed by atoms with Crippen LogP contribution in [0.4, 0.5) is 0 Å². The van der Waals surface area contributed by atoms with Gasteiger partial charge in [0.1, 0.15) is 0 Å². The Hall–Kier alpha value is -1.35. The first-order valence-corrected chi connectivity index (χ1v) is 6.45.